The third-order valence-electron chi connectivity index (χ3n) is 4.89. The van der Waals surface area contributed by atoms with E-state index < -0.39 is 19.1 Å². The summed E-state index contributed by atoms with van der Waals surface area (Å²) in [5.41, 5.74) is 1.68. The average Bonchev–Trinajstić information content (AvgIpc) is 3.36. The first-order valence-corrected chi connectivity index (χ1v) is 9.63. The average molecular weight is 422 g/mol. The van der Waals surface area contributed by atoms with Gasteiger partial charge in [0.15, 0.2) is 5.82 Å². The van der Waals surface area contributed by atoms with Crippen molar-refractivity contribution >= 4 is 17.8 Å². The van der Waals surface area contributed by atoms with E-state index in [0.717, 1.165) is 23.4 Å². The summed E-state index contributed by atoms with van der Waals surface area (Å²) in [7, 11) is 1.58. The second kappa shape index (κ2) is 10.0. The summed E-state index contributed by atoms with van der Waals surface area (Å²) in [5.74, 6) is 1.03. The minimum Gasteiger partial charge on any atom is -0.497 e. The van der Waals surface area contributed by atoms with Crippen LogP contribution in [0.15, 0.2) is 30.3 Å². The van der Waals surface area contributed by atoms with Crippen LogP contribution < -0.4 is 15.4 Å². The van der Waals surface area contributed by atoms with E-state index in [1.165, 1.54) is 0 Å². The van der Waals surface area contributed by atoms with Gasteiger partial charge in [-0.25, -0.2) is 13.6 Å². The number of rotatable bonds is 8. The molecule has 0 aliphatic heterocycles. The maximum Gasteiger partial charge on any atom is 0.407 e. The number of hydrogen-bond donors (Lipinski definition) is 3. The molecule has 2 amide bonds. The number of halogens is 2. The maximum absolute atomic E-state index is 12.2. The van der Waals surface area contributed by atoms with Crippen molar-refractivity contribution in [2.75, 3.05) is 19.0 Å². The van der Waals surface area contributed by atoms with E-state index in [0.29, 0.717) is 18.7 Å². The van der Waals surface area contributed by atoms with Crippen LogP contribution in [-0.4, -0.2) is 48.4 Å². The molecule has 1 aromatic heterocycles. The fraction of sp³-hybridized carbons (Fsp3) is 0.450. The highest BCUT2D eigenvalue weighted by Crippen LogP contribution is 2.35. The number of amides is 2. The van der Waals surface area contributed by atoms with E-state index in [4.69, 9.17) is 9.47 Å². The molecular formula is C20H24F2N4O4. The predicted octanol–water partition coefficient (Wildman–Crippen LogP) is 3.23. The smallest absolute Gasteiger partial charge is 0.407 e. The van der Waals surface area contributed by atoms with Gasteiger partial charge in [0.2, 0.25) is 5.91 Å². The van der Waals surface area contributed by atoms with E-state index in [-0.39, 0.29) is 24.3 Å². The van der Waals surface area contributed by atoms with E-state index in [1.54, 1.807) is 25.3 Å². The summed E-state index contributed by atoms with van der Waals surface area (Å²) in [5, 5.41) is 11.8. The Hall–Kier alpha value is -3.17. The van der Waals surface area contributed by atoms with Gasteiger partial charge in [-0.15, -0.1) is 0 Å². The number of benzene rings is 1. The summed E-state index contributed by atoms with van der Waals surface area (Å²) in [4.78, 5) is 23.8. The van der Waals surface area contributed by atoms with Crippen LogP contribution in [0.1, 0.15) is 36.4 Å². The van der Waals surface area contributed by atoms with Gasteiger partial charge in [0, 0.05) is 17.7 Å². The summed E-state index contributed by atoms with van der Waals surface area (Å²) in [6.07, 6.45) is -1.64. The molecule has 1 aromatic carbocycles. The summed E-state index contributed by atoms with van der Waals surface area (Å²) in [6.45, 7) is -0.727. The van der Waals surface area contributed by atoms with Gasteiger partial charge in [0.25, 0.3) is 6.43 Å². The highest BCUT2D eigenvalue weighted by Gasteiger charge is 2.30. The number of anilines is 1. The topological polar surface area (TPSA) is 105 Å². The van der Waals surface area contributed by atoms with Crippen molar-refractivity contribution in [3.8, 4) is 5.75 Å². The monoisotopic (exact) mass is 422 g/mol. The highest BCUT2D eigenvalue weighted by molar-refractivity contribution is 5.91. The zero-order chi connectivity index (χ0) is 21.5. The highest BCUT2D eigenvalue weighted by atomic mass is 19.3. The minimum absolute atomic E-state index is 0.0811. The van der Waals surface area contributed by atoms with Crippen LogP contribution in [0.5, 0.6) is 5.75 Å². The van der Waals surface area contributed by atoms with Gasteiger partial charge < -0.3 is 20.1 Å². The van der Waals surface area contributed by atoms with Crippen molar-refractivity contribution in [3.63, 3.8) is 0 Å². The molecule has 2 atom stereocenters. The fourth-order valence-electron chi connectivity index (χ4n) is 3.41. The van der Waals surface area contributed by atoms with Gasteiger partial charge in [-0.3, -0.25) is 9.89 Å². The van der Waals surface area contributed by atoms with Gasteiger partial charge in [-0.2, -0.15) is 5.10 Å². The van der Waals surface area contributed by atoms with Gasteiger partial charge in [0.1, 0.15) is 11.9 Å². The molecule has 1 saturated carbocycles. The molecule has 1 aliphatic carbocycles. The van der Waals surface area contributed by atoms with Crippen molar-refractivity contribution in [1.29, 1.82) is 0 Å². The molecule has 0 spiro atoms. The van der Waals surface area contributed by atoms with E-state index >= 15 is 0 Å². The zero-order valence-corrected chi connectivity index (χ0v) is 16.5. The van der Waals surface area contributed by atoms with Crippen LogP contribution >= 0.6 is 0 Å². The van der Waals surface area contributed by atoms with Crippen molar-refractivity contribution in [3.05, 3.63) is 41.6 Å². The summed E-state index contributed by atoms with van der Waals surface area (Å²) in [6, 6.07) is 8.99. The largest absolute Gasteiger partial charge is 0.497 e. The third-order valence-corrected chi connectivity index (χ3v) is 4.89. The van der Waals surface area contributed by atoms with Gasteiger partial charge in [-0.1, -0.05) is 12.1 Å². The zero-order valence-electron chi connectivity index (χ0n) is 16.5. The minimum atomic E-state index is -2.61. The number of aromatic amines is 1. The molecule has 0 unspecified atom stereocenters. The van der Waals surface area contributed by atoms with Crippen molar-refractivity contribution < 1.29 is 27.8 Å². The lowest BCUT2D eigenvalue weighted by molar-refractivity contribution is -0.115. The first-order valence-electron chi connectivity index (χ1n) is 9.63. The first kappa shape index (κ1) is 21.5. The lowest BCUT2D eigenvalue weighted by atomic mass is 10.0. The number of alkyl halides is 2. The third kappa shape index (κ3) is 6.16. The first-order chi connectivity index (χ1) is 14.4. The lowest BCUT2D eigenvalue weighted by Crippen LogP contribution is -2.31. The SMILES string of the molecule is COc1ccc(CC(=O)Nc2cc([C@H]3CC[C@@H](OC(=O)NCC(F)F)C3)[nH]n2)cc1. The molecule has 1 fully saturated rings. The number of H-pyrrole nitrogens is 1. The Bertz CT molecular complexity index is 857. The molecule has 8 nitrogen and oxygen atoms in total. The van der Waals surface area contributed by atoms with Crippen LogP contribution in [0.4, 0.5) is 19.4 Å². The second-order valence-electron chi connectivity index (χ2n) is 7.09. The van der Waals surface area contributed by atoms with Crippen molar-refractivity contribution in [1.82, 2.24) is 15.5 Å². The van der Waals surface area contributed by atoms with Gasteiger partial charge in [-0.05, 0) is 37.0 Å². The van der Waals surface area contributed by atoms with Crippen LogP contribution in [0, 0.1) is 0 Å². The summed E-state index contributed by atoms with van der Waals surface area (Å²) < 4.78 is 34.5. The Morgan fingerprint density at radius 3 is 2.73 bits per heavy atom. The molecule has 3 rings (SSSR count). The van der Waals surface area contributed by atoms with Gasteiger partial charge in [0.05, 0.1) is 20.1 Å². The maximum atomic E-state index is 12.2. The number of nitrogens with one attached hydrogen (secondary N) is 3. The molecular weight excluding hydrogens is 398 g/mol. The number of aromatic nitrogens is 2. The number of carbonyl (C=O) groups is 2. The van der Waals surface area contributed by atoms with Gasteiger partial charge >= 0.3 is 6.09 Å². The fourth-order valence-corrected chi connectivity index (χ4v) is 3.41. The van der Waals surface area contributed by atoms with Crippen molar-refractivity contribution in [2.24, 2.45) is 0 Å². The molecule has 30 heavy (non-hydrogen) atoms. The Balaban J connectivity index is 1.46. The standard InChI is InChI=1S/C20H24F2N4O4/c1-29-14-5-2-12(3-6-14)8-19(27)24-18-10-16(25-26-18)13-4-7-15(9-13)30-20(28)23-11-17(21)22/h2-3,5-6,10,13,15,17H,4,7-9,11H2,1H3,(H,23,28)(H2,24,25,26,27)/t13-,15+/m0/s1. The molecule has 2 aromatic rings. The molecule has 1 heterocycles. The van der Waals surface area contributed by atoms with Crippen LogP contribution in [0.25, 0.3) is 0 Å². The molecule has 1 aliphatic rings. The van der Waals surface area contributed by atoms with Crippen molar-refractivity contribution in [2.45, 2.75) is 44.1 Å². The number of ether oxygens (including phenoxy) is 2. The molecule has 0 radical (unpaired) electrons. The normalized spacial score (nSPS) is 18.3. The Labute approximate surface area is 172 Å². The molecule has 10 heteroatoms. The number of alkyl carbamates (subject to hydrolysis) is 1. The number of carbonyl (C=O) groups excluding carboxylic acids is 2. The molecule has 0 bridgehead atoms. The lowest BCUT2D eigenvalue weighted by Gasteiger charge is -2.13. The van der Waals surface area contributed by atoms with Crippen LogP contribution in [-0.2, 0) is 16.0 Å². The Morgan fingerprint density at radius 2 is 2.03 bits per heavy atom. The molecule has 162 valence electrons. The number of methoxy groups -OCH3 is 1. The number of hydrogen-bond acceptors (Lipinski definition) is 5. The molecule has 0 saturated heterocycles. The number of nitrogens with zero attached hydrogens (tertiary/aromatic N) is 1. The van der Waals surface area contributed by atoms with E-state index in [9.17, 15) is 18.4 Å². The Morgan fingerprint density at radius 1 is 1.27 bits per heavy atom. The second-order valence-corrected chi connectivity index (χ2v) is 7.09. The Kier molecular flexibility index (Phi) is 7.21. The van der Waals surface area contributed by atoms with Crippen LogP contribution in [0.3, 0.4) is 0 Å². The van der Waals surface area contributed by atoms with Crippen LogP contribution in [0.2, 0.25) is 0 Å². The molecule has 3 N–H and O–H groups in total. The summed E-state index contributed by atoms with van der Waals surface area (Å²) >= 11 is 0. The van der Waals surface area contributed by atoms with E-state index in [1.807, 2.05) is 17.4 Å². The van der Waals surface area contributed by atoms with E-state index in [2.05, 4.69) is 15.5 Å². The predicted molar refractivity (Wildman–Crippen MR) is 105 cm³/mol. The quantitative estimate of drug-likeness (QED) is 0.606.